The molecule has 0 atom stereocenters. The Labute approximate surface area is 56.8 Å². The average Bonchev–Trinajstić information content (AvgIpc) is 1.88. The van der Waals surface area contributed by atoms with E-state index >= 15 is 0 Å². The Morgan fingerprint density at radius 2 is 2.60 bits per heavy atom. The number of hydrogen-bond donors (Lipinski definition) is 1. The van der Waals surface area contributed by atoms with Crippen LogP contribution in [0.5, 0.6) is 0 Å². The summed E-state index contributed by atoms with van der Waals surface area (Å²) in [6, 6.07) is 0. The van der Waals surface area contributed by atoms with E-state index in [2.05, 4.69) is 4.99 Å². The van der Waals surface area contributed by atoms with Crippen molar-refractivity contribution >= 4 is 5.84 Å². The zero-order valence-corrected chi connectivity index (χ0v) is 5.10. The zero-order valence-electron chi connectivity index (χ0n) is 5.10. The Morgan fingerprint density at radius 1 is 1.90 bits per heavy atom. The SMILES string of the molecule is NN1C=CC([N+](=O)[O-])=NC1. The number of aliphatic imine (C=N–C) groups is 1. The van der Waals surface area contributed by atoms with E-state index in [4.69, 9.17) is 5.84 Å². The van der Waals surface area contributed by atoms with Crippen molar-refractivity contribution in [2.24, 2.45) is 10.8 Å². The standard InChI is InChI=1S/C4H6N4O2/c5-7-2-1-4(6-3-7)8(9)10/h1-2H,3,5H2. The fourth-order valence-corrected chi connectivity index (χ4v) is 0.535. The summed E-state index contributed by atoms with van der Waals surface area (Å²) in [5.41, 5.74) is 0. The van der Waals surface area contributed by atoms with Crippen molar-refractivity contribution in [1.29, 1.82) is 0 Å². The third-order valence-corrected chi connectivity index (χ3v) is 0.998. The number of nitrogens with zero attached hydrogens (tertiary/aromatic N) is 3. The van der Waals surface area contributed by atoms with Crippen LogP contribution in [0.4, 0.5) is 0 Å². The van der Waals surface area contributed by atoms with Gasteiger partial charge in [-0.1, -0.05) is 4.99 Å². The molecule has 0 fully saturated rings. The normalized spacial score (nSPS) is 16.9. The van der Waals surface area contributed by atoms with Crippen LogP contribution in [-0.2, 0) is 0 Å². The first kappa shape index (κ1) is 6.69. The Kier molecular flexibility index (Phi) is 1.63. The molecule has 1 rings (SSSR count). The molecule has 0 saturated carbocycles. The summed E-state index contributed by atoms with van der Waals surface area (Å²) in [7, 11) is 0. The summed E-state index contributed by atoms with van der Waals surface area (Å²) < 4.78 is 0. The average molecular weight is 142 g/mol. The molecule has 0 aromatic heterocycles. The second-order valence-electron chi connectivity index (χ2n) is 1.74. The number of amidine groups is 1. The summed E-state index contributed by atoms with van der Waals surface area (Å²) >= 11 is 0. The van der Waals surface area contributed by atoms with Crippen LogP contribution in [0, 0.1) is 10.1 Å². The lowest BCUT2D eigenvalue weighted by Gasteiger charge is -2.08. The van der Waals surface area contributed by atoms with Gasteiger partial charge < -0.3 is 10.1 Å². The molecule has 0 radical (unpaired) electrons. The molecule has 1 heterocycles. The molecule has 0 unspecified atom stereocenters. The minimum absolute atomic E-state index is 0.146. The summed E-state index contributed by atoms with van der Waals surface area (Å²) in [5, 5.41) is 11.3. The van der Waals surface area contributed by atoms with E-state index in [9.17, 15) is 10.1 Å². The van der Waals surface area contributed by atoms with E-state index in [1.54, 1.807) is 0 Å². The summed E-state index contributed by atoms with van der Waals surface area (Å²) in [5.74, 6) is 5.06. The number of nitrogens with two attached hydrogens (primary N) is 1. The molecule has 0 aromatic rings. The van der Waals surface area contributed by atoms with Crippen LogP contribution in [0.3, 0.4) is 0 Å². The number of nitro groups is 1. The van der Waals surface area contributed by atoms with E-state index in [1.807, 2.05) is 0 Å². The molecule has 0 saturated heterocycles. The first-order chi connectivity index (χ1) is 4.70. The van der Waals surface area contributed by atoms with E-state index < -0.39 is 4.92 Å². The van der Waals surface area contributed by atoms with E-state index in [0.29, 0.717) is 0 Å². The van der Waals surface area contributed by atoms with Gasteiger partial charge in [-0.25, -0.2) is 5.84 Å². The number of hydrogen-bond acceptors (Lipinski definition) is 5. The van der Waals surface area contributed by atoms with Crippen LogP contribution in [0.2, 0.25) is 0 Å². The molecular formula is C4H6N4O2. The Hall–Kier alpha value is -1.43. The minimum Gasteiger partial charge on any atom is -0.358 e. The summed E-state index contributed by atoms with van der Waals surface area (Å²) in [4.78, 5) is 13.0. The number of rotatable bonds is 0. The van der Waals surface area contributed by atoms with Crippen molar-refractivity contribution in [1.82, 2.24) is 5.01 Å². The lowest BCUT2D eigenvalue weighted by atomic mass is 10.5. The van der Waals surface area contributed by atoms with Gasteiger partial charge in [0.05, 0.1) is 6.08 Å². The highest BCUT2D eigenvalue weighted by molar-refractivity contribution is 5.86. The van der Waals surface area contributed by atoms with Crippen LogP contribution < -0.4 is 5.84 Å². The largest absolute Gasteiger partial charge is 0.361 e. The van der Waals surface area contributed by atoms with Crippen molar-refractivity contribution in [2.75, 3.05) is 6.67 Å². The lowest BCUT2D eigenvalue weighted by Crippen LogP contribution is -2.29. The van der Waals surface area contributed by atoms with Gasteiger partial charge in [0.25, 0.3) is 0 Å². The van der Waals surface area contributed by atoms with Crippen molar-refractivity contribution in [3.8, 4) is 0 Å². The quantitative estimate of drug-likeness (QED) is 0.276. The third kappa shape index (κ3) is 1.29. The first-order valence-corrected chi connectivity index (χ1v) is 2.58. The van der Waals surface area contributed by atoms with Gasteiger partial charge >= 0.3 is 5.84 Å². The molecule has 10 heavy (non-hydrogen) atoms. The maximum atomic E-state index is 10.0. The van der Waals surface area contributed by atoms with Gasteiger partial charge in [-0.3, -0.25) is 5.01 Å². The second kappa shape index (κ2) is 2.44. The Bertz CT molecular complexity index is 209. The van der Waals surface area contributed by atoms with E-state index in [1.165, 1.54) is 17.3 Å². The highest BCUT2D eigenvalue weighted by Crippen LogP contribution is 1.93. The topological polar surface area (TPSA) is 84.8 Å². The minimum atomic E-state index is -0.552. The highest BCUT2D eigenvalue weighted by Gasteiger charge is 2.12. The zero-order chi connectivity index (χ0) is 7.56. The van der Waals surface area contributed by atoms with Crippen molar-refractivity contribution < 1.29 is 4.92 Å². The van der Waals surface area contributed by atoms with Crippen molar-refractivity contribution in [3.63, 3.8) is 0 Å². The number of hydrazine groups is 1. The predicted molar refractivity (Wildman–Crippen MR) is 34.5 cm³/mol. The predicted octanol–water partition coefficient (Wildman–Crippen LogP) is -0.678. The fraction of sp³-hybridized carbons (Fsp3) is 0.250. The maximum Gasteiger partial charge on any atom is 0.361 e. The van der Waals surface area contributed by atoms with Crippen LogP contribution in [0.25, 0.3) is 0 Å². The molecule has 54 valence electrons. The highest BCUT2D eigenvalue weighted by atomic mass is 16.6. The molecule has 0 spiro atoms. The molecule has 2 N–H and O–H groups in total. The molecule has 1 aliphatic heterocycles. The first-order valence-electron chi connectivity index (χ1n) is 2.58. The summed E-state index contributed by atoms with van der Waals surface area (Å²) in [6.07, 6.45) is 2.66. The monoisotopic (exact) mass is 142 g/mol. The molecule has 6 nitrogen and oxygen atoms in total. The maximum absolute atomic E-state index is 10.0. The van der Waals surface area contributed by atoms with Gasteiger partial charge in [-0.15, -0.1) is 0 Å². The molecule has 0 aromatic carbocycles. The molecule has 0 aliphatic carbocycles. The molecule has 0 bridgehead atoms. The van der Waals surface area contributed by atoms with Crippen LogP contribution >= 0.6 is 0 Å². The van der Waals surface area contributed by atoms with Gasteiger partial charge in [-0.05, 0) is 4.92 Å². The summed E-state index contributed by atoms with van der Waals surface area (Å²) in [6.45, 7) is 0.146. The lowest BCUT2D eigenvalue weighted by molar-refractivity contribution is -0.348. The van der Waals surface area contributed by atoms with Gasteiger partial charge in [0.2, 0.25) is 6.67 Å². The molecule has 0 amide bonds. The van der Waals surface area contributed by atoms with E-state index in [-0.39, 0.29) is 12.5 Å². The fourth-order valence-electron chi connectivity index (χ4n) is 0.535. The third-order valence-electron chi connectivity index (χ3n) is 0.998. The van der Waals surface area contributed by atoms with Gasteiger partial charge in [0, 0.05) is 6.20 Å². The molecular weight excluding hydrogens is 136 g/mol. The van der Waals surface area contributed by atoms with Crippen LogP contribution in [0.1, 0.15) is 0 Å². The van der Waals surface area contributed by atoms with Crippen molar-refractivity contribution in [3.05, 3.63) is 22.4 Å². The van der Waals surface area contributed by atoms with Gasteiger partial charge in [0.15, 0.2) is 0 Å². The molecule has 1 aliphatic rings. The van der Waals surface area contributed by atoms with Gasteiger partial charge in [0.1, 0.15) is 0 Å². The molecule has 6 heteroatoms. The van der Waals surface area contributed by atoms with Crippen LogP contribution in [-0.4, -0.2) is 22.4 Å². The smallest absolute Gasteiger partial charge is 0.358 e. The Balaban J connectivity index is 2.67. The van der Waals surface area contributed by atoms with Gasteiger partial charge in [-0.2, -0.15) is 0 Å². The van der Waals surface area contributed by atoms with Crippen LogP contribution in [0.15, 0.2) is 17.3 Å². The van der Waals surface area contributed by atoms with E-state index in [0.717, 1.165) is 0 Å². The Morgan fingerprint density at radius 3 is 3.00 bits per heavy atom. The second-order valence-corrected chi connectivity index (χ2v) is 1.74. The van der Waals surface area contributed by atoms with Crippen molar-refractivity contribution in [2.45, 2.75) is 0 Å².